The number of guanidine groups is 1. The number of anilines is 1. The molecule has 0 aliphatic heterocycles. The molecule has 82 valence electrons. The van der Waals surface area contributed by atoms with Crippen molar-refractivity contribution in [3.63, 3.8) is 0 Å². The van der Waals surface area contributed by atoms with Gasteiger partial charge in [-0.3, -0.25) is 10.4 Å². The molecule has 4 nitrogen and oxygen atoms in total. The van der Waals surface area contributed by atoms with Crippen LogP contribution in [0.4, 0.5) is 5.69 Å². The summed E-state index contributed by atoms with van der Waals surface area (Å²) in [5.41, 5.74) is 4.83. The van der Waals surface area contributed by atoms with Gasteiger partial charge in [0, 0.05) is 12.2 Å². The Kier molecular flexibility index (Phi) is 4.63. The number of hydrazine groups is 1. The first-order valence-electron chi connectivity index (χ1n) is 5.17. The highest BCUT2D eigenvalue weighted by Crippen LogP contribution is 2.14. The van der Waals surface area contributed by atoms with Gasteiger partial charge in [0.15, 0.2) is 0 Å². The van der Waals surface area contributed by atoms with Crippen LogP contribution in [0.25, 0.3) is 0 Å². The van der Waals surface area contributed by atoms with Gasteiger partial charge in [0.2, 0.25) is 5.96 Å². The van der Waals surface area contributed by atoms with Crippen molar-refractivity contribution in [3.8, 4) is 0 Å². The van der Waals surface area contributed by atoms with Crippen molar-refractivity contribution in [1.82, 2.24) is 5.43 Å². The number of aryl methyl sites for hydroxylation is 1. The van der Waals surface area contributed by atoms with Gasteiger partial charge in [0.25, 0.3) is 0 Å². The zero-order chi connectivity index (χ0) is 11.1. The fraction of sp³-hybridized carbons (Fsp3) is 0.364. The number of nitrogens with zero attached hydrogens (tertiary/aromatic N) is 1. The van der Waals surface area contributed by atoms with Crippen molar-refractivity contribution in [1.29, 1.82) is 0 Å². The Bertz CT molecular complexity index is 333. The molecule has 0 saturated heterocycles. The summed E-state index contributed by atoms with van der Waals surface area (Å²) in [6, 6.07) is 8.11. The lowest BCUT2D eigenvalue weighted by molar-refractivity contribution is 0.984. The average molecular weight is 206 g/mol. The van der Waals surface area contributed by atoms with Crippen molar-refractivity contribution < 1.29 is 0 Å². The van der Waals surface area contributed by atoms with Crippen LogP contribution in [0.15, 0.2) is 29.3 Å². The fourth-order valence-corrected chi connectivity index (χ4v) is 1.36. The van der Waals surface area contributed by atoms with Gasteiger partial charge in [-0.15, -0.1) is 0 Å². The molecular weight excluding hydrogens is 188 g/mol. The molecule has 0 amide bonds. The summed E-state index contributed by atoms with van der Waals surface area (Å²) in [6.45, 7) is 4.78. The molecule has 0 aliphatic rings. The normalized spacial score (nSPS) is 11.3. The monoisotopic (exact) mass is 206 g/mol. The molecule has 0 heterocycles. The number of para-hydroxylation sites is 1. The molecule has 0 fully saturated rings. The molecule has 4 heteroatoms. The van der Waals surface area contributed by atoms with Crippen LogP contribution < -0.4 is 16.6 Å². The maximum absolute atomic E-state index is 5.35. The summed E-state index contributed by atoms with van der Waals surface area (Å²) in [6.07, 6.45) is 0.979. The van der Waals surface area contributed by atoms with E-state index in [-0.39, 0.29) is 0 Å². The summed E-state index contributed by atoms with van der Waals surface area (Å²) >= 11 is 0. The number of benzene rings is 1. The van der Waals surface area contributed by atoms with Crippen LogP contribution in [0.1, 0.15) is 19.4 Å². The highest BCUT2D eigenvalue weighted by molar-refractivity contribution is 5.93. The third kappa shape index (κ3) is 3.25. The maximum Gasteiger partial charge on any atom is 0.210 e. The predicted molar refractivity (Wildman–Crippen MR) is 64.7 cm³/mol. The standard InChI is InChI=1S/C11H18N4/c1-3-9-7-5-6-8-10(9)14-11(15-12)13-4-2/h5-8H,3-4,12H2,1-2H3,(H2,13,14,15). The van der Waals surface area contributed by atoms with Gasteiger partial charge in [0.05, 0.1) is 0 Å². The molecule has 0 unspecified atom stereocenters. The molecule has 0 aliphatic carbocycles. The molecule has 0 radical (unpaired) electrons. The van der Waals surface area contributed by atoms with Gasteiger partial charge < -0.3 is 5.32 Å². The summed E-state index contributed by atoms with van der Waals surface area (Å²) in [5.74, 6) is 5.95. The largest absolute Gasteiger partial charge is 0.325 e. The molecule has 1 aromatic rings. The molecule has 0 saturated carbocycles. The molecule has 4 N–H and O–H groups in total. The summed E-state index contributed by atoms with van der Waals surface area (Å²) in [4.78, 5) is 4.18. The molecule has 0 spiro atoms. The summed E-state index contributed by atoms with van der Waals surface area (Å²) in [7, 11) is 0. The first-order chi connectivity index (χ1) is 7.31. The van der Waals surface area contributed by atoms with E-state index in [9.17, 15) is 0 Å². The van der Waals surface area contributed by atoms with E-state index in [1.807, 2.05) is 25.1 Å². The number of hydrogen-bond acceptors (Lipinski definition) is 2. The third-order valence-electron chi connectivity index (χ3n) is 2.10. The van der Waals surface area contributed by atoms with Gasteiger partial charge in [-0.25, -0.2) is 5.84 Å². The summed E-state index contributed by atoms with van der Waals surface area (Å²) in [5, 5.41) is 3.16. The van der Waals surface area contributed by atoms with Crippen LogP contribution in [-0.2, 0) is 6.42 Å². The molecular formula is C11H18N4. The number of nitrogens with one attached hydrogen (secondary N) is 2. The SMILES string of the molecule is CCN=C(NN)Nc1ccccc1CC. The second-order valence-electron chi connectivity index (χ2n) is 3.10. The van der Waals surface area contributed by atoms with E-state index >= 15 is 0 Å². The quantitative estimate of drug-likeness (QED) is 0.304. The van der Waals surface area contributed by atoms with E-state index < -0.39 is 0 Å². The van der Waals surface area contributed by atoms with Crippen molar-refractivity contribution in [3.05, 3.63) is 29.8 Å². The van der Waals surface area contributed by atoms with E-state index in [0.717, 1.165) is 12.1 Å². The van der Waals surface area contributed by atoms with Crippen molar-refractivity contribution in [2.45, 2.75) is 20.3 Å². The molecule has 0 bridgehead atoms. The van der Waals surface area contributed by atoms with Gasteiger partial charge in [0.1, 0.15) is 0 Å². The van der Waals surface area contributed by atoms with E-state index in [4.69, 9.17) is 5.84 Å². The Labute approximate surface area is 90.6 Å². The molecule has 1 rings (SSSR count). The van der Waals surface area contributed by atoms with E-state index in [1.165, 1.54) is 5.56 Å². The highest BCUT2D eigenvalue weighted by Gasteiger charge is 2.01. The van der Waals surface area contributed by atoms with E-state index in [1.54, 1.807) is 0 Å². The topological polar surface area (TPSA) is 62.4 Å². The van der Waals surface area contributed by atoms with Crippen LogP contribution >= 0.6 is 0 Å². The number of rotatable bonds is 3. The Balaban J connectivity index is 2.83. The molecule has 0 atom stereocenters. The lowest BCUT2D eigenvalue weighted by atomic mass is 10.1. The van der Waals surface area contributed by atoms with E-state index in [2.05, 4.69) is 28.7 Å². The number of nitrogens with two attached hydrogens (primary N) is 1. The second kappa shape index (κ2) is 6.03. The zero-order valence-electron chi connectivity index (χ0n) is 9.25. The minimum atomic E-state index is 0.596. The van der Waals surface area contributed by atoms with Gasteiger partial charge in [-0.1, -0.05) is 25.1 Å². The first kappa shape index (κ1) is 11.5. The maximum atomic E-state index is 5.35. The van der Waals surface area contributed by atoms with Gasteiger partial charge in [-0.2, -0.15) is 0 Å². The fourth-order valence-electron chi connectivity index (χ4n) is 1.36. The van der Waals surface area contributed by atoms with Gasteiger partial charge >= 0.3 is 0 Å². The van der Waals surface area contributed by atoms with Crippen LogP contribution in [-0.4, -0.2) is 12.5 Å². The first-order valence-corrected chi connectivity index (χ1v) is 5.17. The van der Waals surface area contributed by atoms with Crippen LogP contribution in [0.3, 0.4) is 0 Å². The predicted octanol–water partition coefficient (Wildman–Crippen LogP) is 1.50. The van der Waals surface area contributed by atoms with Crippen molar-refractivity contribution >= 4 is 11.6 Å². The highest BCUT2D eigenvalue weighted by atomic mass is 15.3. The molecule has 1 aromatic carbocycles. The lowest BCUT2D eigenvalue weighted by Crippen LogP contribution is -2.36. The minimum Gasteiger partial charge on any atom is -0.325 e. The smallest absolute Gasteiger partial charge is 0.210 e. The second-order valence-corrected chi connectivity index (χ2v) is 3.10. The molecule has 15 heavy (non-hydrogen) atoms. The van der Waals surface area contributed by atoms with Crippen LogP contribution in [0.5, 0.6) is 0 Å². The Morgan fingerprint density at radius 1 is 1.33 bits per heavy atom. The molecule has 0 aromatic heterocycles. The zero-order valence-corrected chi connectivity index (χ0v) is 9.25. The van der Waals surface area contributed by atoms with E-state index in [0.29, 0.717) is 12.5 Å². The third-order valence-corrected chi connectivity index (χ3v) is 2.10. The number of aliphatic imine (C=N–C) groups is 1. The minimum absolute atomic E-state index is 0.596. The van der Waals surface area contributed by atoms with Crippen molar-refractivity contribution in [2.75, 3.05) is 11.9 Å². The van der Waals surface area contributed by atoms with Crippen LogP contribution in [0.2, 0.25) is 0 Å². The Morgan fingerprint density at radius 2 is 2.07 bits per heavy atom. The Hall–Kier alpha value is -1.55. The van der Waals surface area contributed by atoms with Gasteiger partial charge in [-0.05, 0) is 25.0 Å². The number of hydrogen-bond donors (Lipinski definition) is 3. The average Bonchev–Trinajstić information content (AvgIpc) is 2.29. The lowest BCUT2D eigenvalue weighted by Gasteiger charge is -2.12. The van der Waals surface area contributed by atoms with Crippen molar-refractivity contribution in [2.24, 2.45) is 10.8 Å². The van der Waals surface area contributed by atoms with Crippen LogP contribution in [0, 0.1) is 0 Å². The summed E-state index contributed by atoms with van der Waals surface area (Å²) < 4.78 is 0. The Morgan fingerprint density at radius 3 is 2.67 bits per heavy atom.